The van der Waals surface area contributed by atoms with E-state index in [2.05, 4.69) is 0 Å². The van der Waals surface area contributed by atoms with E-state index >= 15 is 0 Å². The van der Waals surface area contributed by atoms with Crippen molar-refractivity contribution < 1.29 is 14.3 Å². The highest BCUT2D eigenvalue weighted by Gasteiger charge is 2.30. The van der Waals surface area contributed by atoms with E-state index in [4.69, 9.17) is 0 Å². The van der Waals surface area contributed by atoms with Crippen LogP contribution in [0.4, 0.5) is 0 Å². The molecule has 0 saturated heterocycles. The minimum atomic E-state index is -0.434. The number of ketones is 2. The van der Waals surface area contributed by atoms with Crippen molar-refractivity contribution >= 4 is 11.6 Å². The Morgan fingerprint density at radius 1 is 0.955 bits per heavy atom. The first kappa shape index (κ1) is 18.3. The fraction of sp³-hybridized carbons (Fsp3) is 0.611. The standard InChI is InChI=1S/C18H27NO3/c1-17(2,3)15(20)11-14(12-16(21)18(4,5)6)13-7-9-19(22)10-8-13/h7-10,14H,11-12H2,1-6H3. The molecular formula is C18H27NO3. The van der Waals surface area contributed by atoms with Gasteiger partial charge in [-0.1, -0.05) is 41.5 Å². The molecule has 0 aliphatic heterocycles. The van der Waals surface area contributed by atoms with E-state index in [1.165, 1.54) is 12.4 Å². The number of Topliss-reactive ketones (excluding diaryl/α,β-unsaturated/α-hetero) is 2. The number of pyridine rings is 1. The van der Waals surface area contributed by atoms with Crippen LogP contribution in [0.2, 0.25) is 0 Å². The average molecular weight is 305 g/mol. The second kappa shape index (κ2) is 6.59. The first-order valence-corrected chi connectivity index (χ1v) is 7.66. The van der Waals surface area contributed by atoms with Crippen LogP contribution in [0.1, 0.15) is 65.9 Å². The minimum Gasteiger partial charge on any atom is -0.619 e. The highest BCUT2D eigenvalue weighted by Crippen LogP contribution is 2.31. The Morgan fingerprint density at radius 2 is 1.32 bits per heavy atom. The molecule has 1 aromatic heterocycles. The monoisotopic (exact) mass is 305 g/mol. The molecule has 4 nitrogen and oxygen atoms in total. The molecule has 0 aromatic carbocycles. The van der Waals surface area contributed by atoms with Gasteiger partial charge in [0, 0.05) is 35.8 Å². The van der Waals surface area contributed by atoms with Crippen LogP contribution in [-0.4, -0.2) is 11.6 Å². The van der Waals surface area contributed by atoms with Crippen molar-refractivity contribution in [1.29, 1.82) is 0 Å². The van der Waals surface area contributed by atoms with Crippen LogP contribution in [0.15, 0.2) is 24.5 Å². The Labute approximate surface area is 133 Å². The van der Waals surface area contributed by atoms with Crippen LogP contribution < -0.4 is 4.73 Å². The predicted molar refractivity (Wildman–Crippen MR) is 86.3 cm³/mol. The molecule has 0 aliphatic rings. The van der Waals surface area contributed by atoms with Gasteiger partial charge in [-0.3, -0.25) is 9.59 Å². The van der Waals surface area contributed by atoms with Gasteiger partial charge in [-0.2, -0.15) is 4.73 Å². The molecule has 122 valence electrons. The summed E-state index contributed by atoms with van der Waals surface area (Å²) in [6.45, 7) is 11.3. The van der Waals surface area contributed by atoms with Crippen molar-refractivity contribution in [2.45, 2.75) is 60.3 Å². The quantitative estimate of drug-likeness (QED) is 0.618. The molecule has 0 unspecified atom stereocenters. The largest absolute Gasteiger partial charge is 0.619 e. The van der Waals surface area contributed by atoms with Crippen LogP contribution in [0, 0.1) is 16.0 Å². The Morgan fingerprint density at radius 3 is 1.64 bits per heavy atom. The maximum Gasteiger partial charge on any atom is 0.180 e. The highest BCUT2D eigenvalue weighted by atomic mass is 16.5. The summed E-state index contributed by atoms with van der Waals surface area (Å²) in [7, 11) is 0. The third-order valence-corrected chi connectivity index (χ3v) is 3.84. The fourth-order valence-electron chi connectivity index (χ4n) is 2.06. The van der Waals surface area contributed by atoms with Crippen molar-refractivity contribution in [3.8, 4) is 0 Å². The first-order valence-electron chi connectivity index (χ1n) is 7.66. The Hall–Kier alpha value is -1.71. The van der Waals surface area contributed by atoms with Gasteiger partial charge >= 0.3 is 0 Å². The van der Waals surface area contributed by atoms with E-state index in [1.807, 2.05) is 41.5 Å². The second-order valence-corrected chi connectivity index (χ2v) is 7.94. The number of aromatic nitrogens is 1. The van der Waals surface area contributed by atoms with E-state index in [0.717, 1.165) is 5.56 Å². The molecule has 4 heteroatoms. The summed E-state index contributed by atoms with van der Waals surface area (Å²) in [5.41, 5.74) is -0.00530. The van der Waals surface area contributed by atoms with Crippen molar-refractivity contribution in [3.05, 3.63) is 35.3 Å². The molecule has 1 aromatic rings. The van der Waals surface area contributed by atoms with Crippen molar-refractivity contribution in [1.82, 2.24) is 0 Å². The number of rotatable bonds is 5. The molecule has 0 spiro atoms. The Balaban J connectivity index is 3.02. The second-order valence-electron chi connectivity index (χ2n) is 7.94. The first-order chi connectivity index (χ1) is 9.91. The molecule has 0 amide bonds. The maximum atomic E-state index is 12.4. The van der Waals surface area contributed by atoms with Gasteiger partial charge in [-0.25, -0.2) is 0 Å². The molecule has 0 radical (unpaired) electrons. The summed E-state index contributed by atoms with van der Waals surface area (Å²) < 4.78 is 0.706. The lowest BCUT2D eigenvalue weighted by molar-refractivity contribution is -0.605. The third kappa shape index (κ3) is 5.24. The van der Waals surface area contributed by atoms with E-state index < -0.39 is 10.8 Å². The summed E-state index contributed by atoms with van der Waals surface area (Å²) in [6.07, 6.45) is 3.44. The lowest BCUT2D eigenvalue weighted by atomic mass is 9.78. The van der Waals surface area contributed by atoms with Gasteiger partial charge in [0.15, 0.2) is 12.4 Å². The maximum absolute atomic E-state index is 12.4. The van der Waals surface area contributed by atoms with Gasteiger partial charge < -0.3 is 5.21 Å². The molecule has 1 heterocycles. The number of carbonyl (C=O) groups is 2. The van der Waals surface area contributed by atoms with Gasteiger partial charge in [0.1, 0.15) is 11.6 Å². The summed E-state index contributed by atoms with van der Waals surface area (Å²) in [5.74, 6) is 0.0655. The lowest BCUT2D eigenvalue weighted by Crippen LogP contribution is -2.28. The van der Waals surface area contributed by atoms with Gasteiger partial charge in [0.05, 0.1) is 0 Å². The number of carbonyl (C=O) groups excluding carboxylic acids is 2. The predicted octanol–water partition coefficient (Wildman–Crippen LogP) is 3.41. The molecule has 0 aliphatic carbocycles. The lowest BCUT2D eigenvalue weighted by Gasteiger charge is -2.24. The molecule has 22 heavy (non-hydrogen) atoms. The molecule has 0 saturated carbocycles. The molecule has 0 fully saturated rings. The van der Waals surface area contributed by atoms with Crippen LogP contribution in [-0.2, 0) is 9.59 Å². The van der Waals surface area contributed by atoms with Crippen molar-refractivity contribution in [3.63, 3.8) is 0 Å². The van der Waals surface area contributed by atoms with E-state index in [-0.39, 0.29) is 17.5 Å². The third-order valence-electron chi connectivity index (χ3n) is 3.84. The summed E-state index contributed by atoms with van der Waals surface area (Å²) >= 11 is 0. The fourth-order valence-corrected chi connectivity index (χ4v) is 2.06. The van der Waals surface area contributed by atoms with Crippen LogP contribution in [0.3, 0.4) is 0 Å². The van der Waals surface area contributed by atoms with Crippen LogP contribution in [0.5, 0.6) is 0 Å². The smallest absolute Gasteiger partial charge is 0.180 e. The van der Waals surface area contributed by atoms with Crippen LogP contribution in [0.25, 0.3) is 0 Å². The average Bonchev–Trinajstić information content (AvgIpc) is 2.36. The van der Waals surface area contributed by atoms with E-state index in [0.29, 0.717) is 17.6 Å². The number of hydrogen-bond donors (Lipinski definition) is 0. The van der Waals surface area contributed by atoms with Crippen LogP contribution >= 0.6 is 0 Å². The normalized spacial score (nSPS) is 12.5. The van der Waals surface area contributed by atoms with E-state index in [9.17, 15) is 14.8 Å². The number of hydrogen-bond acceptors (Lipinski definition) is 3. The topological polar surface area (TPSA) is 61.1 Å². The zero-order valence-corrected chi connectivity index (χ0v) is 14.5. The molecule has 0 bridgehead atoms. The van der Waals surface area contributed by atoms with Gasteiger partial charge in [-0.05, 0) is 11.5 Å². The van der Waals surface area contributed by atoms with Crippen molar-refractivity contribution in [2.75, 3.05) is 0 Å². The Bertz CT molecular complexity index is 505. The zero-order chi connectivity index (χ0) is 17.1. The SMILES string of the molecule is CC(C)(C)C(=O)CC(CC(=O)C(C)(C)C)c1cc[n+]([O-])cc1. The minimum absolute atomic E-state index is 0.123. The summed E-state index contributed by atoms with van der Waals surface area (Å²) in [4.78, 5) is 24.7. The molecule has 0 atom stereocenters. The molecule has 1 rings (SSSR count). The zero-order valence-electron chi connectivity index (χ0n) is 14.5. The number of nitrogens with zero attached hydrogens (tertiary/aromatic N) is 1. The van der Waals surface area contributed by atoms with Gasteiger partial charge in [0.2, 0.25) is 0 Å². The van der Waals surface area contributed by atoms with Crippen molar-refractivity contribution in [2.24, 2.45) is 10.8 Å². The van der Waals surface area contributed by atoms with Gasteiger partial charge in [-0.15, -0.1) is 0 Å². The highest BCUT2D eigenvalue weighted by molar-refractivity contribution is 5.87. The molecule has 0 N–H and O–H groups in total. The van der Waals surface area contributed by atoms with E-state index in [1.54, 1.807) is 12.1 Å². The summed E-state index contributed by atoms with van der Waals surface area (Å²) in [6, 6.07) is 3.40. The molecular weight excluding hydrogens is 278 g/mol. The Kier molecular flexibility index (Phi) is 5.49. The van der Waals surface area contributed by atoms with Gasteiger partial charge in [0.25, 0.3) is 0 Å². The summed E-state index contributed by atoms with van der Waals surface area (Å²) in [5, 5.41) is 11.2.